The number of H-pyrrole nitrogens is 2. The van der Waals surface area contributed by atoms with E-state index in [4.69, 9.17) is 0 Å². The molecule has 0 unspecified atom stereocenters. The van der Waals surface area contributed by atoms with Gasteiger partial charge in [-0.3, -0.25) is 10.2 Å². The van der Waals surface area contributed by atoms with Gasteiger partial charge in [-0.25, -0.2) is 0 Å². The summed E-state index contributed by atoms with van der Waals surface area (Å²) < 4.78 is 0. The van der Waals surface area contributed by atoms with Crippen molar-refractivity contribution in [2.75, 3.05) is 0 Å². The van der Waals surface area contributed by atoms with Crippen LogP contribution in [-0.4, -0.2) is 20.4 Å². The molecule has 4 rings (SSSR count). The van der Waals surface area contributed by atoms with Crippen LogP contribution in [0.5, 0.6) is 0 Å². The monoisotopic (exact) mass is 376 g/mol. The van der Waals surface area contributed by atoms with Gasteiger partial charge in [-0.2, -0.15) is 10.2 Å². The third-order valence-corrected chi connectivity index (χ3v) is 5.22. The van der Waals surface area contributed by atoms with Crippen molar-refractivity contribution in [1.29, 1.82) is 0 Å². The molecule has 2 aromatic heterocycles. The summed E-state index contributed by atoms with van der Waals surface area (Å²) >= 11 is 0. The molecule has 4 nitrogen and oxygen atoms in total. The lowest BCUT2D eigenvalue weighted by molar-refractivity contribution is 0.591. The van der Waals surface area contributed by atoms with Crippen LogP contribution in [0, 0.1) is 13.8 Å². The second kappa shape index (κ2) is 7.08. The zero-order chi connectivity index (χ0) is 20.7. The van der Waals surface area contributed by atoms with Crippen molar-refractivity contribution in [1.82, 2.24) is 20.4 Å². The van der Waals surface area contributed by atoms with Gasteiger partial charge in [0.2, 0.25) is 0 Å². The van der Waals surface area contributed by atoms with E-state index in [0.29, 0.717) is 0 Å². The molecule has 0 bridgehead atoms. The van der Waals surface area contributed by atoms with E-state index < -0.39 is 0 Å². The lowest BCUT2D eigenvalue weighted by Crippen LogP contribution is -2.10. The lowest BCUT2D eigenvalue weighted by Gasteiger charge is -2.18. The molecule has 28 heavy (non-hydrogen) atoms. The van der Waals surface area contributed by atoms with Crippen molar-refractivity contribution in [2.24, 2.45) is 0 Å². The molecular weight excluding hydrogens is 344 g/mol. The Morgan fingerprint density at radius 1 is 0.607 bits per heavy atom. The summed E-state index contributed by atoms with van der Waals surface area (Å²) in [6.07, 6.45) is 0. The first-order valence-electron chi connectivity index (χ1n) is 9.87. The van der Waals surface area contributed by atoms with Crippen molar-refractivity contribution in [2.45, 2.75) is 66.2 Å². The van der Waals surface area contributed by atoms with Gasteiger partial charge in [-0.1, -0.05) is 59.7 Å². The van der Waals surface area contributed by atoms with Gasteiger partial charge in [0.25, 0.3) is 0 Å². The van der Waals surface area contributed by atoms with Gasteiger partial charge in [-0.05, 0) is 54.0 Å². The van der Waals surface area contributed by atoms with E-state index in [0.717, 1.165) is 22.4 Å². The van der Waals surface area contributed by atoms with Gasteiger partial charge >= 0.3 is 0 Å². The Morgan fingerprint density at radius 2 is 1.11 bits per heavy atom. The fourth-order valence-electron chi connectivity index (χ4n) is 3.22. The number of aromatic nitrogens is 4. The maximum Gasteiger partial charge on any atom is 0.0926 e. The first kappa shape index (κ1) is 20.1. The quantitative estimate of drug-likeness (QED) is 0.376. The highest BCUT2D eigenvalue weighted by Gasteiger charge is 2.15. The normalized spacial score (nSPS) is 12.3. The summed E-state index contributed by atoms with van der Waals surface area (Å²) in [7, 11) is 0. The van der Waals surface area contributed by atoms with E-state index in [9.17, 15) is 0 Å². The minimum Gasteiger partial charge on any atom is -0.282 e. The SMILES string of the molecule is Cc1[nH]nc2cc(C(C)(C)C)ccc12.Cc1[nH]nc2ccc(C(C)(C)C)cc12. The number of hydrogen-bond donors (Lipinski definition) is 2. The number of nitrogens with zero attached hydrogens (tertiary/aromatic N) is 2. The van der Waals surface area contributed by atoms with Crippen molar-refractivity contribution in [3.05, 3.63) is 58.9 Å². The molecule has 0 atom stereocenters. The Hall–Kier alpha value is -2.62. The van der Waals surface area contributed by atoms with Crippen LogP contribution in [0.4, 0.5) is 0 Å². The standard InChI is InChI=1S/2C12H16N2/c1-8-10-7-9(12(2,3)4)5-6-11(10)14-13-8;1-8-10-6-5-9(12(2,3)4)7-11(10)14-13-8/h2*5-7H,1-4H3,(H,13,14). The van der Waals surface area contributed by atoms with Crippen molar-refractivity contribution >= 4 is 21.8 Å². The molecule has 4 heteroatoms. The van der Waals surface area contributed by atoms with Gasteiger partial charge in [-0.15, -0.1) is 0 Å². The zero-order valence-corrected chi connectivity index (χ0v) is 18.4. The van der Waals surface area contributed by atoms with E-state index in [1.165, 1.54) is 21.9 Å². The van der Waals surface area contributed by atoms with Gasteiger partial charge < -0.3 is 0 Å². The summed E-state index contributed by atoms with van der Waals surface area (Å²) in [5.41, 5.74) is 7.49. The van der Waals surface area contributed by atoms with Crippen LogP contribution >= 0.6 is 0 Å². The average molecular weight is 377 g/mol. The van der Waals surface area contributed by atoms with E-state index >= 15 is 0 Å². The number of rotatable bonds is 0. The van der Waals surface area contributed by atoms with Gasteiger partial charge in [0.15, 0.2) is 0 Å². The Kier molecular flexibility index (Phi) is 5.09. The largest absolute Gasteiger partial charge is 0.282 e. The Balaban J connectivity index is 0.000000161. The lowest BCUT2D eigenvalue weighted by atomic mass is 9.86. The molecule has 2 heterocycles. The number of hydrogen-bond acceptors (Lipinski definition) is 2. The molecule has 0 aliphatic carbocycles. The van der Waals surface area contributed by atoms with Crippen LogP contribution in [0.1, 0.15) is 64.1 Å². The maximum atomic E-state index is 4.27. The predicted octanol–water partition coefficient (Wildman–Crippen LogP) is 6.34. The second-order valence-corrected chi connectivity index (χ2v) is 9.66. The molecule has 148 valence electrons. The maximum absolute atomic E-state index is 4.27. The third kappa shape index (κ3) is 4.11. The molecule has 2 aromatic carbocycles. The van der Waals surface area contributed by atoms with Crippen LogP contribution in [0.3, 0.4) is 0 Å². The molecular formula is C24H32N4. The number of benzene rings is 2. The van der Waals surface area contributed by atoms with Gasteiger partial charge in [0, 0.05) is 22.2 Å². The van der Waals surface area contributed by atoms with E-state index in [-0.39, 0.29) is 10.8 Å². The summed E-state index contributed by atoms with van der Waals surface area (Å²) in [5, 5.41) is 16.9. The van der Waals surface area contributed by atoms with Crippen LogP contribution in [0.2, 0.25) is 0 Å². The van der Waals surface area contributed by atoms with Crippen LogP contribution in [0.25, 0.3) is 21.8 Å². The first-order chi connectivity index (χ1) is 13.0. The Bertz CT molecular complexity index is 1100. The molecule has 0 saturated carbocycles. The molecule has 0 spiro atoms. The van der Waals surface area contributed by atoms with Gasteiger partial charge in [0.1, 0.15) is 0 Å². The van der Waals surface area contributed by atoms with Crippen molar-refractivity contribution in [3.63, 3.8) is 0 Å². The molecule has 0 aliphatic rings. The number of aryl methyl sites for hydroxylation is 2. The molecule has 0 radical (unpaired) electrons. The first-order valence-corrected chi connectivity index (χ1v) is 9.87. The summed E-state index contributed by atoms with van der Waals surface area (Å²) in [4.78, 5) is 0. The predicted molar refractivity (Wildman–Crippen MR) is 119 cm³/mol. The summed E-state index contributed by atoms with van der Waals surface area (Å²) in [5.74, 6) is 0. The minimum atomic E-state index is 0.195. The summed E-state index contributed by atoms with van der Waals surface area (Å²) in [6.45, 7) is 17.4. The zero-order valence-electron chi connectivity index (χ0n) is 18.4. The van der Waals surface area contributed by atoms with Crippen LogP contribution in [0.15, 0.2) is 36.4 Å². The van der Waals surface area contributed by atoms with Gasteiger partial charge in [0.05, 0.1) is 11.0 Å². The number of aromatic amines is 2. The van der Waals surface area contributed by atoms with E-state index in [1.807, 2.05) is 6.92 Å². The number of nitrogens with one attached hydrogen (secondary N) is 2. The van der Waals surface area contributed by atoms with Crippen LogP contribution < -0.4 is 0 Å². The van der Waals surface area contributed by atoms with Crippen LogP contribution in [-0.2, 0) is 10.8 Å². The molecule has 0 saturated heterocycles. The number of fused-ring (bicyclic) bond motifs is 2. The topological polar surface area (TPSA) is 57.4 Å². The Morgan fingerprint density at radius 3 is 1.71 bits per heavy atom. The molecule has 0 amide bonds. The highest BCUT2D eigenvalue weighted by atomic mass is 15.1. The summed E-state index contributed by atoms with van der Waals surface area (Å²) in [6, 6.07) is 13.0. The fraction of sp³-hybridized carbons (Fsp3) is 0.417. The Labute approximate surface area is 167 Å². The minimum absolute atomic E-state index is 0.195. The van der Waals surface area contributed by atoms with E-state index in [2.05, 4.69) is 105 Å². The third-order valence-electron chi connectivity index (χ3n) is 5.22. The average Bonchev–Trinajstić information content (AvgIpc) is 3.17. The van der Waals surface area contributed by atoms with Crippen molar-refractivity contribution < 1.29 is 0 Å². The molecule has 0 aliphatic heterocycles. The molecule has 4 aromatic rings. The molecule has 0 fully saturated rings. The highest BCUT2D eigenvalue weighted by Crippen LogP contribution is 2.27. The smallest absolute Gasteiger partial charge is 0.0926 e. The van der Waals surface area contributed by atoms with Crippen molar-refractivity contribution in [3.8, 4) is 0 Å². The highest BCUT2D eigenvalue weighted by molar-refractivity contribution is 5.82. The molecule has 2 N–H and O–H groups in total. The second-order valence-electron chi connectivity index (χ2n) is 9.66. The van der Waals surface area contributed by atoms with E-state index in [1.54, 1.807) is 0 Å². The fourth-order valence-corrected chi connectivity index (χ4v) is 3.22.